The Hall–Kier alpha value is -0.620. The molecule has 0 aromatic heterocycles. The van der Waals surface area contributed by atoms with Gasteiger partial charge in [0.15, 0.2) is 0 Å². The molecule has 1 heterocycles. The number of benzene rings is 1. The summed E-state index contributed by atoms with van der Waals surface area (Å²) in [6.45, 7) is 2.30. The molecule has 1 aromatic rings. The van der Waals surface area contributed by atoms with Crippen molar-refractivity contribution in [2.24, 2.45) is 0 Å². The van der Waals surface area contributed by atoms with Gasteiger partial charge in [0.1, 0.15) is 22.5 Å². The van der Waals surface area contributed by atoms with Crippen molar-refractivity contribution in [3.8, 4) is 5.75 Å². The number of unbranched alkanes of at least 4 members (excludes halogenated alkanes) is 9. The van der Waals surface area contributed by atoms with Gasteiger partial charge in [0.25, 0.3) is 0 Å². The predicted molar refractivity (Wildman–Crippen MR) is 127 cm³/mol. The summed E-state index contributed by atoms with van der Waals surface area (Å²) in [4.78, 5) is 0. The van der Waals surface area contributed by atoms with Gasteiger partial charge in [-0.25, -0.2) is 0 Å². The van der Waals surface area contributed by atoms with E-state index in [2.05, 4.69) is 31.2 Å². The molecule has 1 fully saturated rings. The first-order valence-electron chi connectivity index (χ1n) is 11.7. The molecule has 2 unspecified atom stereocenters. The molecule has 0 aliphatic carbocycles. The summed E-state index contributed by atoms with van der Waals surface area (Å²) in [5.41, 5.74) is 1.55. The molecule has 1 aromatic carbocycles. The summed E-state index contributed by atoms with van der Waals surface area (Å²) in [6, 6.07) is 8.87. The Morgan fingerprint density at radius 2 is 1.28 bits per heavy atom. The molecular formula is C23H39F6OPS. The molecule has 0 spiro atoms. The zero-order chi connectivity index (χ0) is 24.2. The SMILES string of the molecule is CCCCCCCCCCCC[S+]1CCCC1c1ccc(OC)cc1.F[P-](F)(F)(F)(F)F. The van der Waals surface area contributed by atoms with Crippen molar-refractivity contribution >= 4 is 18.7 Å². The van der Waals surface area contributed by atoms with Crippen LogP contribution >= 0.6 is 7.81 Å². The fraction of sp³-hybridized carbons (Fsp3) is 0.739. The van der Waals surface area contributed by atoms with Gasteiger partial charge >= 0.3 is 33.0 Å². The van der Waals surface area contributed by atoms with Crippen LogP contribution < -0.4 is 4.74 Å². The normalized spacial score (nSPS) is 20.8. The van der Waals surface area contributed by atoms with E-state index in [4.69, 9.17) is 4.74 Å². The monoisotopic (exact) mass is 508 g/mol. The third-order valence-electron chi connectivity index (χ3n) is 5.52. The summed E-state index contributed by atoms with van der Waals surface area (Å²) < 4.78 is 64.5. The van der Waals surface area contributed by atoms with Crippen LogP contribution in [-0.2, 0) is 10.9 Å². The number of halogens is 6. The van der Waals surface area contributed by atoms with Crippen LogP contribution in [0.4, 0.5) is 25.2 Å². The van der Waals surface area contributed by atoms with E-state index >= 15 is 0 Å². The summed E-state index contributed by atoms with van der Waals surface area (Å²) in [5, 5.41) is 0.824. The van der Waals surface area contributed by atoms with E-state index in [-0.39, 0.29) is 0 Å². The fourth-order valence-electron chi connectivity index (χ4n) is 3.96. The number of rotatable bonds is 13. The zero-order valence-electron chi connectivity index (χ0n) is 19.3. The van der Waals surface area contributed by atoms with E-state index in [9.17, 15) is 25.2 Å². The molecule has 0 amide bonds. The van der Waals surface area contributed by atoms with Gasteiger partial charge in [-0.15, -0.1) is 0 Å². The van der Waals surface area contributed by atoms with Gasteiger partial charge in [-0.05, 0) is 42.3 Å². The Kier molecular flexibility index (Phi) is 11.7. The molecule has 190 valence electrons. The molecule has 0 radical (unpaired) electrons. The van der Waals surface area contributed by atoms with Crippen LogP contribution in [0, 0.1) is 0 Å². The van der Waals surface area contributed by atoms with Crippen molar-refractivity contribution in [3.05, 3.63) is 29.8 Å². The van der Waals surface area contributed by atoms with Crippen LogP contribution in [0.5, 0.6) is 5.75 Å². The Morgan fingerprint density at radius 1 is 0.812 bits per heavy atom. The van der Waals surface area contributed by atoms with E-state index in [0.29, 0.717) is 10.9 Å². The van der Waals surface area contributed by atoms with Gasteiger partial charge in [0.2, 0.25) is 0 Å². The maximum atomic E-state index is 9.87. The Labute approximate surface area is 192 Å². The molecule has 1 saturated heterocycles. The van der Waals surface area contributed by atoms with E-state index in [0.717, 1.165) is 11.0 Å². The quantitative estimate of drug-likeness (QED) is 0.111. The van der Waals surface area contributed by atoms with Crippen molar-refractivity contribution in [3.63, 3.8) is 0 Å². The molecule has 2 rings (SSSR count). The molecule has 0 bridgehead atoms. The van der Waals surface area contributed by atoms with Crippen LogP contribution in [0.3, 0.4) is 0 Å². The second-order valence-electron chi connectivity index (χ2n) is 8.49. The first-order chi connectivity index (χ1) is 14.8. The minimum absolute atomic E-state index is 0.622. The van der Waals surface area contributed by atoms with Gasteiger partial charge in [-0.1, -0.05) is 70.4 Å². The topological polar surface area (TPSA) is 9.23 Å². The van der Waals surface area contributed by atoms with Crippen LogP contribution in [0.2, 0.25) is 0 Å². The van der Waals surface area contributed by atoms with Crippen LogP contribution in [0.15, 0.2) is 24.3 Å². The van der Waals surface area contributed by atoms with Gasteiger partial charge < -0.3 is 4.74 Å². The number of hydrogen-bond donors (Lipinski definition) is 0. The minimum atomic E-state index is -10.7. The fourth-order valence-corrected chi connectivity index (χ4v) is 6.89. The van der Waals surface area contributed by atoms with Crippen molar-refractivity contribution in [1.29, 1.82) is 0 Å². The average Bonchev–Trinajstić information content (AvgIpc) is 3.15. The second-order valence-corrected chi connectivity index (χ2v) is 12.9. The Balaban J connectivity index is 0.000000633. The molecular weight excluding hydrogens is 469 g/mol. The molecule has 0 saturated carbocycles. The third kappa shape index (κ3) is 16.9. The van der Waals surface area contributed by atoms with Crippen LogP contribution in [0.1, 0.15) is 94.8 Å². The van der Waals surface area contributed by atoms with E-state index in [1.54, 1.807) is 12.7 Å². The second kappa shape index (κ2) is 12.7. The standard InChI is InChI=1S/C23H39OS.F6P/c1-3-4-5-6-7-8-9-10-11-12-19-25-20-13-14-23(25)21-15-17-22(24-2)18-16-21;1-7(2,3,4,5)6/h15-18,23H,3-14,19-20H2,1-2H3;/q+1;-1. The van der Waals surface area contributed by atoms with Crippen molar-refractivity contribution in [1.82, 2.24) is 0 Å². The molecule has 32 heavy (non-hydrogen) atoms. The van der Waals surface area contributed by atoms with Crippen LogP contribution in [-0.4, -0.2) is 18.6 Å². The van der Waals surface area contributed by atoms with Gasteiger partial charge in [-0.3, -0.25) is 0 Å². The molecule has 2 atom stereocenters. The van der Waals surface area contributed by atoms with Crippen molar-refractivity contribution in [2.45, 2.75) is 89.2 Å². The predicted octanol–water partition coefficient (Wildman–Crippen LogP) is 10.5. The first-order valence-corrected chi connectivity index (χ1v) is 15.3. The van der Waals surface area contributed by atoms with Gasteiger partial charge in [0.05, 0.1) is 7.11 Å². The van der Waals surface area contributed by atoms with Gasteiger partial charge in [0, 0.05) is 12.0 Å². The van der Waals surface area contributed by atoms with E-state index in [1.165, 1.54) is 88.6 Å². The van der Waals surface area contributed by atoms with Gasteiger partial charge in [-0.2, -0.15) is 0 Å². The molecule has 1 nitrogen and oxygen atoms in total. The molecule has 9 heteroatoms. The summed E-state index contributed by atoms with van der Waals surface area (Å²) in [6.07, 6.45) is 17.3. The molecule has 0 N–H and O–H groups in total. The zero-order valence-corrected chi connectivity index (χ0v) is 21.0. The van der Waals surface area contributed by atoms with E-state index < -0.39 is 7.81 Å². The van der Waals surface area contributed by atoms with E-state index in [1.807, 2.05) is 0 Å². The molecule has 1 aliphatic heterocycles. The maximum absolute atomic E-state index is 10.7. The van der Waals surface area contributed by atoms with Crippen molar-refractivity contribution in [2.75, 3.05) is 18.6 Å². The van der Waals surface area contributed by atoms with Crippen LogP contribution in [0.25, 0.3) is 0 Å². The summed E-state index contributed by atoms with van der Waals surface area (Å²) in [5.74, 6) is 3.91. The first kappa shape index (κ1) is 29.4. The number of ether oxygens (including phenoxy) is 1. The molecule has 1 aliphatic rings. The summed E-state index contributed by atoms with van der Waals surface area (Å²) >= 11 is 0. The van der Waals surface area contributed by atoms with Crippen molar-refractivity contribution < 1.29 is 29.9 Å². The Morgan fingerprint density at radius 3 is 1.75 bits per heavy atom. The third-order valence-corrected chi connectivity index (χ3v) is 8.46. The summed E-state index contributed by atoms with van der Waals surface area (Å²) in [7, 11) is -8.29. The number of methoxy groups -OCH3 is 1. The average molecular weight is 509 g/mol. The Bertz CT molecular complexity index is 624. The number of hydrogen-bond acceptors (Lipinski definition) is 1.